The number of carbonyl (C=O) groups excluding carboxylic acids is 1. The molecule has 0 radical (unpaired) electrons. The molecule has 1 heterocycles. The molecule has 0 aliphatic carbocycles. The summed E-state index contributed by atoms with van der Waals surface area (Å²) in [5, 5.41) is 17.4. The molecule has 1 unspecified atom stereocenters. The third-order valence-electron chi connectivity index (χ3n) is 3.21. The quantitative estimate of drug-likeness (QED) is 0.834. The first kappa shape index (κ1) is 15.0. The molecule has 1 aromatic carbocycles. The fraction of sp³-hybridized carbons (Fsp3) is 0.429. The Balaban J connectivity index is 1.99. The summed E-state index contributed by atoms with van der Waals surface area (Å²) < 4.78 is 1.61. The van der Waals surface area contributed by atoms with E-state index in [2.05, 4.69) is 26.2 Å². The number of aromatic nitrogens is 4. The number of amides is 1. The van der Waals surface area contributed by atoms with Gasteiger partial charge in [0.1, 0.15) is 0 Å². The summed E-state index contributed by atoms with van der Waals surface area (Å²) in [7, 11) is 1.79. The highest BCUT2D eigenvalue weighted by atomic mass is 16.1. The van der Waals surface area contributed by atoms with E-state index in [1.807, 2.05) is 38.1 Å². The van der Waals surface area contributed by atoms with Gasteiger partial charge in [-0.2, -0.15) is 0 Å². The number of rotatable bonds is 6. The molecule has 0 aliphatic heterocycles. The van der Waals surface area contributed by atoms with Gasteiger partial charge in [0.2, 0.25) is 5.91 Å². The van der Waals surface area contributed by atoms with E-state index < -0.39 is 0 Å². The molecule has 2 rings (SSSR count). The first-order valence-electron chi connectivity index (χ1n) is 6.96. The van der Waals surface area contributed by atoms with E-state index in [-0.39, 0.29) is 18.5 Å². The van der Waals surface area contributed by atoms with Gasteiger partial charge >= 0.3 is 0 Å². The number of benzene rings is 1. The van der Waals surface area contributed by atoms with Crippen molar-refractivity contribution < 1.29 is 4.79 Å². The number of nitrogens with one attached hydrogen (secondary N) is 2. The summed E-state index contributed by atoms with van der Waals surface area (Å²) in [6.45, 7) is 4.27. The highest BCUT2D eigenvalue weighted by Gasteiger charge is 2.08. The Morgan fingerprint density at radius 1 is 1.43 bits per heavy atom. The molecule has 112 valence electrons. The van der Waals surface area contributed by atoms with Crippen molar-refractivity contribution in [1.29, 1.82) is 0 Å². The van der Waals surface area contributed by atoms with Crippen LogP contribution in [-0.2, 0) is 11.8 Å². The number of aryl methyl sites for hydroxylation is 1. The summed E-state index contributed by atoms with van der Waals surface area (Å²) >= 11 is 0. The molecule has 7 heteroatoms. The van der Waals surface area contributed by atoms with Gasteiger partial charge < -0.3 is 10.6 Å². The Bertz CT molecular complexity index is 609. The van der Waals surface area contributed by atoms with Crippen molar-refractivity contribution in [2.24, 2.45) is 7.05 Å². The lowest BCUT2D eigenvalue weighted by Crippen LogP contribution is -2.36. The van der Waals surface area contributed by atoms with E-state index in [1.54, 1.807) is 11.7 Å². The monoisotopic (exact) mass is 288 g/mol. The van der Waals surface area contributed by atoms with Crippen molar-refractivity contribution in [3.05, 3.63) is 24.3 Å². The van der Waals surface area contributed by atoms with Crippen LogP contribution in [0.15, 0.2) is 24.3 Å². The van der Waals surface area contributed by atoms with Gasteiger partial charge in [-0.25, -0.2) is 4.68 Å². The van der Waals surface area contributed by atoms with Crippen molar-refractivity contribution in [2.45, 2.75) is 26.3 Å². The van der Waals surface area contributed by atoms with E-state index >= 15 is 0 Å². The summed E-state index contributed by atoms with van der Waals surface area (Å²) in [5.41, 5.74) is 1.75. The van der Waals surface area contributed by atoms with Crippen LogP contribution < -0.4 is 10.6 Å². The number of carbonyl (C=O) groups is 1. The molecule has 0 bridgehead atoms. The first-order valence-corrected chi connectivity index (χ1v) is 6.96. The van der Waals surface area contributed by atoms with Crippen molar-refractivity contribution in [3.8, 4) is 11.4 Å². The van der Waals surface area contributed by atoms with Crippen LogP contribution in [0.1, 0.15) is 20.3 Å². The molecular weight excluding hydrogens is 268 g/mol. The summed E-state index contributed by atoms with van der Waals surface area (Å²) in [6, 6.07) is 7.84. The maximum absolute atomic E-state index is 11.7. The first-order chi connectivity index (χ1) is 10.1. The summed E-state index contributed by atoms with van der Waals surface area (Å²) in [5.74, 6) is 0.665. The predicted molar refractivity (Wildman–Crippen MR) is 80.6 cm³/mol. The molecular formula is C14H20N6O. The van der Waals surface area contributed by atoms with Crippen LogP contribution >= 0.6 is 0 Å². The number of tetrazole rings is 1. The number of nitrogens with zero attached hydrogens (tertiary/aromatic N) is 4. The maximum Gasteiger partial charge on any atom is 0.239 e. The van der Waals surface area contributed by atoms with Crippen LogP contribution in [0.2, 0.25) is 0 Å². The number of hydrogen-bond donors (Lipinski definition) is 2. The van der Waals surface area contributed by atoms with E-state index in [4.69, 9.17) is 0 Å². The minimum atomic E-state index is -0.0184. The fourth-order valence-corrected chi connectivity index (χ4v) is 1.85. The second-order valence-corrected chi connectivity index (χ2v) is 4.94. The molecule has 1 atom stereocenters. The van der Waals surface area contributed by atoms with Gasteiger partial charge in [-0.05, 0) is 35.9 Å². The van der Waals surface area contributed by atoms with E-state index in [9.17, 15) is 4.79 Å². The highest BCUT2D eigenvalue weighted by molar-refractivity contribution is 5.81. The van der Waals surface area contributed by atoms with Crippen LogP contribution in [-0.4, -0.2) is 38.7 Å². The van der Waals surface area contributed by atoms with Crippen LogP contribution in [0.3, 0.4) is 0 Å². The predicted octanol–water partition coefficient (Wildman–Crippen LogP) is 1.20. The van der Waals surface area contributed by atoms with Crippen molar-refractivity contribution in [2.75, 3.05) is 11.9 Å². The van der Waals surface area contributed by atoms with E-state index in [0.29, 0.717) is 5.82 Å². The normalized spacial score (nSPS) is 12.0. The van der Waals surface area contributed by atoms with E-state index in [0.717, 1.165) is 17.7 Å². The minimum absolute atomic E-state index is 0.0184. The molecule has 1 amide bonds. The van der Waals surface area contributed by atoms with E-state index in [1.165, 1.54) is 0 Å². The zero-order chi connectivity index (χ0) is 15.2. The second-order valence-electron chi connectivity index (χ2n) is 4.94. The molecule has 0 saturated carbocycles. The lowest BCUT2D eigenvalue weighted by molar-refractivity contribution is -0.120. The molecule has 0 saturated heterocycles. The Morgan fingerprint density at radius 2 is 2.24 bits per heavy atom. The fourth-order valence-electron chi connectivity index (χ4n) is 1.85. The van der Waals surface area contributed by atoms with Gasteiger partial charge in [0, 0.05) is 24.3 Å². The molecule has 0 fully saturated rings. The van der Waals surface area contributed by atoms with Gasteiger partial charge in [0.25, 0.3) is 0 Å². The topological polar surface area (TPSA) is 84.7 Å². The Labute approximate surface area is 123 Å². The summed E-state index contributed by atoms with van der Waals surface area (Å²) in [4.78, 5) is 11.7. The molecule has 21 heavy (non-hydrogen) atoms. The largest absolute Gasteiger partial charge is 0.376 e. The average molecular weight is 288 g/mol. The number of hydrogen-bond acceptors (Lipinski definition) is 5. The molecule has 0 spiro atoms. The zero-order valence-electron chi connectivity index (χ0n) is 12.5. The third kappa shape index (κ3) is 4.01. The van der Waals surface area contributed by atoms with Crippen LogP contribution in [0.4, 0.5) is 5.69 Å². The van der Waals surface area contributed by atoms with Crippen molar-refractivity contribution in [3.63, 3.8) is 0 Å². The van der Waals surface area contributed by atoms with Crippen LogP contribution in [0.25, 0.3) is 11.4 Å². The van der Waals surface area contributed by atoms with Crippen LogP contribution in [0.5, 0.6) is 0 Å². The Hall–Kier alpha value is -2.44. The second kappa shape index (κ2) is 6.83. The minimum Gasteiger partial charge on any atom is -0.376 e. The smallest absolute Gasteiger partial charge is 0.239 e. The standard InChI is InChI=1S/C14H20N6O/c1-4-10(2)16-13(21)9-15-12-7-5-6-11(8-12)14-17-18-19-20(14)3/h5-8,10,15H,4,9H2,1-3H3,(H,16,21). The summed E-state index contributed by atoms with van der Waals surface area (Å²) in [6.07, 6.45) is 0.917. The average Bonchev–Trinajstić information content (AvgIpc) is 2.91. The molecule has 2 aromatic rings. The van der Waals surface area contributed by atoms with Gasteiger partial charge in [0.15, 0.2) is 5.82 Å². The maximum atomic E-state index is 11.7. The SMILES string of the molecule is CCC(C)NC(=O)CNc1cccc(-c2nnnn2C)c1. The highest BCUT2D eigenvalue weighted by Crippen LogP contribution is 2.19. The molecule has 2 N–H and O–H groups in total. The van der Waals surface area contributed by atoms with Gasteiger partial charge in [-0.1, -0.05) is 19.1 Å². The van der Waals surface area contributed by atoms with Crippen molar-refractivity contribution in [1.82, 2.24) is 25.5 Å². The van der Waals surface area contributed by atoms with Crippen molar-refractivity contribution >= 4 is 11.6 Å². The van der Waals surface area contributed by atoms with Gasteiger partial charge in [-0.3, -0.25) is 4.79 Å². The number of anilines is 1. The Morgan fingerprint density at radius 3 is 2.90 bits per heavy atom. The Kier molecular flexibility index (Phi) is 4.86. The lowest BCUT2D eigenvalue weighted by atomic mass is 10.2. The van der Waals surface area contributed by atoms with Gasteiger partial charge in [-0.15, -0.1) is 5.10 Å². The molecule has 7 nitrogen and oxygen atoms in total. The third-order valence-corrected chi connectivity index (χ3v) is 3.21. The molecule has 1 aromatic heterocycles. The lowest BCUT2D eigenvalue weighted by Gasteiger charge is -2.12. The zero-order valence-corrected chi connectivity index (χ0v) is 12.5. The van der Waals surface area contributed by atoms with Crippen LogP contribution in [0, 0.1) is 0 Å². The van der Waals surface area contributed by atoms with Gasteiger partial charge in [0.05, 0.1) is 6.54 Å². The molecule has 0 aliphatic rings.